The third-order valence-electron chi connectivity index (χ3n) is 2.72. The van der Waals surface area contributed by atoms with Gasteiger partial charge >= 0.3 is 5.97 Å². The van der Waals surface area contributed by atoms with Crippen LogP contribution in [0.25, 0.3) is 10.9 Å². The average Bonchev–Trinajstić information content (AvgIpc) is 2.43. The molecule has 1 aromatic carbocycles. The highest BCUT2D eigenvalue weighted by Gasteiger charge is 2.09. The molecule has 0 aliphatic heterocycles. The summed E-state index contributed by atoms with van der Waals surface area (Å²) in [6.45, 7) is 2.02. The highest BCUT2D eigenvalue weighted by atomic mass is 16.4. The summed E-state index contributed by atoms with van der Waals surface area (Å²) in [5.74, 6) is -0.790. The van der Waals surface area contributed by atoms with Crippen molar-refractivity contribution in [3.8, 4) is 0 Å². The number of aryl methyl sites for hydroxylation is 2. The second kappa shape index (κ2) is 3.42. The lowest BCUT2D eigenvalue weighted by Gasteiger charge is -2.04. The predicted molar refractivity (Wildman–Crippen MR) is 59.0 cm³/mol. The quantitative estimate of drug-likeness (QED) is 0.812. The van der Waals surface area contributed by atoms with Crippen LogP contribution in [0.4, 0.5) is 0 Å². The fourth-order valence-corrected chi connectivity index (χ4v) is 1.94. The fraction of sp³-hybridized carbons (Fsp3) is 0.250. The number of rotatable bonds is 2. The average molecular weight is 203 g/mol. The summed E-state index contributed by atoms with van der Waals surface area (Å²) < 4.78 is 2.04. The summed E-state index contributed by atoms with van der Waals surface area (Å²) in [7, 11) is 1.96. The molecule has 0 radical (unpaired) electrons. The topological polar surface area (TPSA) is 42.2 Å². The normalized spacial score (nSPS) is 10.8. The van der Waals surface area contributed by atoms with E-state index < -0.39 is 5.97 Å². The van der Waals surface area contributed by atoms with Crippen molar-refractivity contribution in [3.05, 3.63) is 35.5 Å². The summed E-state index contributed by atoms with van der Waals surface area (Å²) in [6.07, 6.45) is 0.0780. The Kier molecular flexibility index (Phi) is 2.23. The van der Waals surface area contributed by atoms with Gasteiger partial charge in [0.25, 0.3) is 0 Å². The van der Waals surface area contributed by atoms with Gasteiger partial charge in [0.1, 0.15) is 0 Å². The molecule has 1 N–H and O–H groups in total. The molecule has 3 nitrogen and oxygen atoms in total. The SMILES string of the molecule is Cc1cc2cccc(CC(=O)O)c2n1C. The Morgan fingerprint density at radius 1 is 1.47 bits per heavy atom. The number of nitrogens with zero attached hydrogens (tertiary/aromatic N) is 1. The molecule has 0 atom stereocenters. The van der Waals surface area contributed by atoms with Crippen LogP contribution < -0.4 is 0 Å². The molecule has 0 amide bonds. The second-order valence-electron chi connectivity index (χ2n) is 3.77. The molecule has 0 saturated carbocycles. The molecule has 0 bridgehead atoms. The first-order chi connectivity index (χ1) is 7.09. The molecular formula is C12H13NO2. The van der Waals surface area contributed by atoms with E-state index >= 15 is 0 Å². The molecule has 2 rings (SSSR count). The third-order valence-corrected chi connectivity index (χ3v) is 2.72. The third kappa shape index (κ3) is 1.61. The maximum absolute atomic E-state index is 10.7. The predicted octanol–water partition coefficient (Wildman–Crippen LogP) is 2.11. The number of para-hydroxylation sites is 1. The molecule has 0 unspecified atom stereocenters. The Hall–Kier alpha value is -1.77. The molecule has 78 valence electrons. The highest BCUT2D eigenvalue weighted by molar-refractivity contribution is 5.87. The van der Waals surface area contributed by atoms with Gasteiger partial charge in [0.15, 0.2) is 0 Å². The monoisotopic (exact) mass is 203 g/mol. The minimum atomic E-state index is -0.790. The lowest BCUT2D eigenvalue weighted by Crippen LogP contribution is -2.02. The Balaban J connectivity index is 2.68. The molecule has 0 saturated heterocycles. The summed E-state index contributed by atoms with van der Waals surface area (Å²) in [4.78, 5) is 10.7. The van der Waals surface area contributed by atoms with Crippen LogP contribution in [0.2, 0.25) is 0 Å². The molecular weight excluding hydrogens is 190 g/mol. The zero-order valence-electron chi connectivity index (χ0n) is 8.82. The highest BCUT2D eigenvalue weighted by Crippen LogP contribution is 2.22. The van der Waals surface area contributed by atoms with E-state index in [1.54, 1.807) is 0 Å². The largest absolute Gasteiger partial charge is 0.481 e. The van der Waals surface area contributed by atoms with Crippen LogP contribution in [-0.2, 0) is 18.3 Å². The van der Waals surface area contributed by atoms with Crippen LogP contribution in [0.1, 0.15) is 11.3 Å². The van der Waals surface area contributed by atoms with Crippen LogP contribution in [0.3, 0.4) is 0 Å². The number of aromatic nitrogens is 1. The molecule has 2 aromatic rings. The summed E-state index contributed by atoms with van der Waals surface area (Å²) in [5.41, 5.74) is 3.04. The van der Waals surface area contributed by atoms with Gasteiger partial charge in [-0.15, -0.1) is 0 Å². The summed E-state index contributed by atoms with van der Waals surface area (Å²) >= 11 is 0. The summed E-state index contributed by atoms with van der Waals surface area (Å²) in [6, 6.07) is 7.85. The first-order valence-electron chi connectivity index (χ1n) is 4.85. The van der Waals surface area contributed by atoms with Gasteiger partial charge in [0.2, 0.25) is 0 Å². The molecule has 1 heterocycles. The van der Waals surface area contributed by atoms with Gasteiger partial charge in [-0.25, -0.2) is 0 Å². The first-order valence-corrected chi connectivity index (χ1v) is 4.85. The van der Waals surface area contributed by atoms with E-state index in [0.29, 0.717) is 0 Å². The number of hydrogen-bond acceptors (Lipinski definition) is 1. The van der Waals surface area contributed by atoms with E-state index in [1.807, 2.05) is 36.7 Å². The van der Waals surface area contributed by atoms with Gasteiger partial charge in [-0.05, 0) is 18.6 Å². The van der Waals surface area contributed by atoms with Crippen LogP contribution in [-0.4, -0.2) is 15.6 Å². The van der Waals surface area contributed by atoms with E-state index in [0.717, 1.165) is 22.2 Å². The fourth-order valence-electron chi connectivity index (χ4n) is 1.94. The van der Waals surface area contributed by atoms with E-state index in [9.17, 15) is 4.79 Å². The molecule has 0 spiro atoms. The number of carboxylic acid groups (broad SMARTS) is 1. The van der Waals surface area contributed by atoms with Crippen LogP contribution in [0, 0.1) is 6.92 Å². The molecule has 0 aliphatic carbocycles. The number of carboxylic acids is 1. The number of benzene rings is 1. The summed E-state index contributed by atoms with van der Waals surface area (Å²) in [5, 5.41) is 9.92. The van der Waals surface area contributed by atoms with Crippen molar-refractivity contribution in [2.45, 2.75) is 13.3 Å². The number of aliphatic carboxylic acids is 1. The van der Waals surface area contributed by atoms with Gasteiger partial charge in [0, 0.05) is 18.1 Å². The second-order valence-corrected chi connectivity index (χ2v) is 3.77. The zero-order valence-corrected chi connectivity index (χ0v) is 8.82. The van der Waals surface area contributed by atoms with Gasteiger partial charge in [0.05, 0.1) is 11.9 Å². The molecule has 0 aliphatic rings. The van der Waals surface area contributed by atoms with Crippen molar-refractivity contribution in [1.82, 2.24) is 4.57 Å². The van der Waals surface area contributed by atoms with Gasteiger partial charge in [-0.1, -0.05) is 18.2 Å². The zero-order chi connectivity index (χ0) is 11.0. The van der Waals surface area contributed by atoms with Crippen molar-refractivity contribution < 1.29 is 9.90 Å². The molecule has 0 fully saturated rings. The number of carbonyl (C=O) groups is 1. The lowest BCUT2D eigenvalue weighted by molar-refractivity contribution is -0.136. The van der Waals surface area contributed by atoms with Crippen LogP contribution in [0.5, 0.6) is 0 Å². The molecule has 1 aromatic heterocycles. The smallest absolute Gasteiger partial charge is 0.307 e. The Labute approximate surface area is 87.9 Å². The first kappa shape index (κ1) is 9.77. The Morgan fingerprint density at radius 2 is 2.20 bits per heavy atom. The van der Waals surface area contributed by atoms with Gasteiger partial charge in [-0.3, -0.25) is 4.79 Å². The van der Waals surface area contributed by atoms with Crippen molar-refractivity contribution in [2.24, 2.45) is 7.05 Å². The van der Waals surface area contributed by atoms with Gasteiger partial charge in [-0.2, -0.15) is 0 Å². The van der Waals surface area contributed by atoms with E-state index in [1.165, 1.54) is 0 Å². The van der Waals surface area contributed by atoms with E-state index in [-0.39, 0.29) is 6.42 Å². The maximum Gasteiger partial charge on any atom is 0.307 e. The van der Waals surface area contributed by atoms with Crippen LogP contribution in [0.15, 0.2) is 24.3 Å². The number of hydrogen-bond donors (Lipinski definition) is 1. The van der Waals surface area contributed by atoms with E-state index in [2.05, 4.69) is 6.07 Å². The minimum Gasteiger partial charge on any atom is -0.481 e. The van der Waals surface area contributed by atoms with Crippen molar-refractivity contribution in [2.75, 3.05) is 0 Å². The van der Waals surface area contributed by atoms with E-state index in [4.69, 9.17) is 5.11 Å². The maximum atomic E-state index is 10.7. The molecule has 3 heteroatoms. The van der Waals surface area contributed by atoms with Crippen molar-refractivity contribution in [1.29, 1.82) is 0 Å². The number of fused-ring (bicyclic) bond motifs is 1. The standard InChI is InChI=1S/C12H13NO2/c1-8-6-9-4-3-5-10(7-11(14)15)12(9)13(8)2/h3-6H,7H2,1-2H3,(H,14,15). The Bertz CT molecular complexity index is 526. The van der Waals surface area contributed by atoms with Crippen molar-refractivity contribution in [3.63, 3.8) is 0 Å². The minimum absolute atomic E-state index is 0.0780. The Morgan fingerprint density at radius 3 is 2.87 bits per heavy atom. The van der Waals surface area contributed by atoms with Crippen LogP contribution >= 0.6 is 0 Å². The van der Waals surface area contributed by atoms with Gasteiger partial charge < -0.3 is 9.67 Å². The lowest BCUT2D eigenvalue weighted by atomic mass is 10.1. The molecule has 15 heavy (non-hydrogen) atoms. The van der Waals surface area contributed by atoms with Crippen molar-refractivity contribution >= 4 is 16.9 Å².